The summed E-state index contributed by atoms with van der Waals surface area (Å²) in [6, 6.07) is -1.36. The van der Waals surface area contributed by atoms with Gasteiger partial charge < -0.3 is 21.3 Å². The Morgan fingerprint density at radius 3 is 1.40 bits per heavy atom. The highest BCUT2D eigenvalue weighted by Crippen LogP contribution is 2.09. The number of ketones is 1. The molecule has 0 rings (SSSR count). The van der Waals surface area contributed by atoms with Crippen molar-refractivity contribution in [3.63, 3.8) is 0 Å². The number of hydrogen-bond acceptors (Lipinski definition) is 5. The Morgan fingerprint density at radius 2 is 0.884 bits per heavy atom. The third kappa shape index (κ3) is 24.7. The molecule has 0 aliphatic heterocycles. The summed E-state index contributed by atoms with van der Waals surface area (Å²) in [7, 11) is 0. The lowest BCUT2D eigenvalue weighted by Crippen LogP contribution is -2.51. The molecule has 0 saturated carbocycles. The Hall–Kier alpha value is -2.45. The number of nitrogens with one attached hydrogen (secondary N) is 4. The fourth-order valence-corrected chi connectivity index (χ4v) is 4.90. The van der Waals surface area contributed by atoms with Gasteiger partial charge in [-0.15, -0.1) is 0 Å². The molecule has 250 valence electrons. The summed E-state index contributed by atoms with van der Waals surface area (Å²) in [5.41, 5.74) is 0. The van der Waals surface area contributed by atoms with Crippen LogP contribution in [0.25, 0.3) is 0 Å². The lowest BCUT2D eigenvalue weighted by Gasteiger charge is -2.22. The molecular formula is C34H64N4O5. The predicted octanol–water partition coefficient (Wildman–Crippen LogP) is 6.03. The SMILES string of the molecule is CCCCCCCCC(=O)NCCCCC(NC(=O)C(CCCCNC(=O)CCCCC)NC(=O)CCCCC)C(C)=O. The van der Waals surface area contributed by atoms with E-state index in [-0.39, 0.29) is 29.4 Å². The molecule has 0 heterocycles. The molecular weight excluding hydrogens is 544 g/mol. The molecule has 0 spiro atoms. The molecule has 4 N–H and O–H groups in total. The molecule has 9 heteroatoms. The highest BCUT2D eigenvalue weighted by molar-refractivity contribution is 5.92. The second kappa shape index (κ2) is 28.3. The Bertz CT molecular complexity index is 774. The summed E-state index contributed by atoms with van der Waals surface area (Å²) >= 11 is 0. The van der Waals surface area contributed by atoms with Crippen LogP contribution in [0.1, 0.15) is 163 Å². The van der Waals surface area contributed by atoms with Gasteiger partial charge in [0.05, 0.1) is 6.04 Å². The Balaban J connectivity index is 4.64. The van der Waals surface area contributed by atoms with E-state index in [9.17, 15) is 24.0 Å². The van der Waals surface area contributed by atoms with Crippen LogP contribution in [0.15, 0.2) is 0 Å². The van der Waals surface area contributed by atoms with E-state index in [0.29, 0.717) is 64.5 Å². The van der Waals surface area contributed by atoms with E-state index in [2.05, 4.69) is 42.0 Å². The molecule has 0 bridgehead atoms. The maximum atomic E-state index is 13.2. The Morgan fingerprint density at radius 1 is 0.465 bits per heavy atom. The third-order valence-electron chi connectivity index (χ3n) is 7.71. The van der Waals surface area contributed by atoms with Crippen molar-refractivity contribution in [3.8, 4) is 0 Å². The number of carbonyl (C=O) groups is 5. The van der Waals surface area contributed by atoms with E-state index in [4.69, 9.17) is 0 Å². The molecule has 0 radical (unpaired) electrons. The Kier molecular flexibility index (Phi) is 26.7. The minimum Gasteiger partial charge on any atom is -0.356 e. The molecule has 0 aromatic heterocycles. The minimum atomic E-state index is -0.725. The van der Waals surface area contributed by atoms with Crippen molar-refractivity contribution in [1.82, 2.24) is 21.3 Å². The number of carbonyl (C=O) groups excluding carboxylic acids is 5. The van der Waals surface area contributed by atoms with Crippen LogP contribution in [0.5, 0.6) is 0 Å². The number of rotatable bonds is 29. The highest BCUT2D eigenvalue weighted by atomic mass is 16.2. The first-order chi connectivity index (χ1) is 20.7. The molecule has 0 aliphatic rings. The molecule has 2 atom stereocenters. The van der Waals surface area contributed by atoms with Crippen LogP contribution in [0.3, 0.4) is 0 Å². The summed E-state index contributed by atoms with van der Waals surface area (Å²) < 4.78 is 0. The molecule has 43 heavy (non-hydrogen) atoms. The van der Waals surface area contributed by atoms with Crippen molar-refractivity contribution in [2.75, 3.05) is 13.1 Å². The summed E-state index contributed by atoms with van der Waals surface area (Å²) in [4.78, 5) is 62.1. The molecule has 0 aliphatic carbocycles. The molecule has 0 saturated heterocycles. The van der Waals surface area contributed by atoms with E-state index in [1.807, 2.05) is 0 Å². The van der Waals surface area contributed by atoms with Crippen molar-refractivity contribution < 1.29 is 24.0 Å². The average molecular weight is 609 g/mol. The second-order valence-corrected chi connectivity index (χ2v) is 11.9. The molecule has 0 aromatic carbocycles. The van der Waals surface area contributed by atoms with Crippen LogP contribution in [0.2, 0.25) is 0 Å². The van der Waals surface area contributed by atoms with Crippen LogP contribution < -0.4 is 21.3 Å². The number of unbranched alkanes of at least 4 members (excludes halogenated alkanes) is 11. The van der Waals surface area contributed by atoms with Crippen molar-refractivity contribution in [1.29, 1.82) is 0 Å². The fraction of sp³-hybridized carbons (Fsp3) is 0.853. The van der Waals surface area contributed by atoms with E-state index in [1.165, 1.54) is 32.6 Å². The lowest BCUT2D eigenvalue weighted by atomic mass is 10.0. The number of amides is 4. The van der Waals surface area contributed by atoms with Gasteiger partial charge in [-0.05, 0) is 64.7 Å². The molecule has 2 unspecified atom stereocenters. The van der Waals surface area contributed by atoms with E-state index < -0.39 is 12.1 Å². The first-order valence-corrected chi connectivity index (χ1v) is 17.4. The first-order valence-electron chi connectivity index (χ1n) is 17.4. The largest absolute Gasteiger partial charge is 0.356 e. The van der Waals surface area contributed by atoms with Crippen LogP contribution in [-0.4, -0.2) is 54.6 Å². The predicted molar refractivity (Wildman–Crippen MR) is 175 cm³/mol. The van der Waals surface area contributed by atoms with Gasteiger partial charge in [0.25, 0.3) is 0 Å². The number of hydrogen-bond donors (Lipinski definition) is 4. The van der Waals surface area contributed by atoms with Crippen LogP contribution >= 0.6 is 0 Å². The van der Waals surface area contributed by atoms with Crippen LogP contribution in [0, 0.1) is 0 Å². The van der Waals surface area contributed by atoms with Crippen LogP contribution in [-0.2, 0) is 24.0 Å². The first kappa shape index (κ1) is 40.5. The third-order valence-corrected chi connectivity index (χ3v) is 7.71. The number of Topliss-reactive ketones (excluding diaryl/α,β-unsaturated/α-hetero) is 1. The topological polar surface area (TPSA) is 133 Å². The average Bonchev–Trinajstić information content (AvgIpc) is 2.97. The maximum Gasteiger partial charge on any atom is 0.243 e. The fourth-order valence-electron chi connectivity index (χ4n) is 4.90. The van der Waals surface area contributed by atoms with Gasteiger partial charge in [-0.2, -0.15) is 0 Å². The monoisotopic (exact) mass is 608 g/mol. The summed E-state index contributed by atoms with van der Waals surface area (Å²) in [5, 5.41) is 11.6. The van der Waals surface area contributed by atoms with E-state index in [0.717, 1.165) is 57.8 Å². The van der Waals surface area contributed by atoms with Gasteiger partial charge in [-0.3, -0.25) is 24.0 Å². The van der Waals surface area contributed by atoms with Crippen molar-refractivity contribution in [3.05, 3.63) is 0 Å². The standard InChI is InChI=1S/C34H64N4O5/c1-5-8-11-12-13-16-24-32(41)36-26-19-17-21-29(28(4)39)38-34(43)30(37-33(42)25-15-10-7-3)22-18-20-27-35-31(40)23-14-9-6-2/h29-30H,5-27H2,1-4H3,(H,35,40)(H,36,41)(H,37,42)(H,38,43). The van der Waals surface area contributed by atoms with Crippen molar-refractivity contribution >= 4 is 29.4 Å². The summed E-state index contributed by atoms with van der Waals surface area (Å²) in [6.07, 6.45) is 17.8. The zero-order valence-electron chi connectivity index (χ0n) is 28.0. The zero-order valence-corrected chi connectivity index (χ0v) is 28.0. The van der Waals surface area contributed by atoms with Crippen LogP contribution in [0.4, 0.5) is 0 Å². The molecule has 0 aromatic rings. The van der Waals surface area contributed by atoms with Gasteiger partial charge in [0.15, 0.2) is 5.78 Å². The quantitative estimate of drug-likeness (QED) is 0.0770. The zero-order chi connectivity index (χ0) is 32.1. The molecule has 9 nitrogen and oxygen atoms in total. The lowest BCUT2D eigenvalue weighted by molar-refractivity contribution is -0.131. The van der Waals surface area contributed by atoms with E-state index >= 15 is 0 Å². The van der Waals surface area contributed by atoms with Gasteiger partial charge in [0, 0.05) is 32.4 Å². The van der Waals surface area contributed by atoms with Gasteiger partial charge in [0.2, 0.25) is 23.6 Å². The van der Waals surface area contributed by atoms with Crippen molar-refractivity contribution in [2.24, 2.45) is 0 Å². The van der Waals surface area contributed by atoms with Gasteiger partial charge in [-0.25, -0.2) is 0 Å². The summed E-state index contributed by atoms with van der Waals surface area (Å²) in [5.74, 6) is -0.512. The van der Waals surface area contributed by atoms with Crippen molar-refractivity contribution in [2.45, 2.75) is 175 Å². The molecule has 0 fully saturated rings. The Labute approximate surface area is 262 Å². The minimum absolute atomic E-state index is 0.0497. The second-order valence-electron chi connectivity index (χ2n) is 11.9. The maximum absolute atomic E-state index is 13.2. The summed E-state index contributed by atoms with van der Waals surface area (Å²) in [6.45, 7) is 8.92. The van der Waals surface area contributed by atoms with Gasteiger partial charge in [-0.1, -0.05) is 78.6 Å². The smallest absolute Gasteiger partial charge is 0.243 e. The van der Waals surface area contributed by atoms with Gasteiger partial charge >= 0.3 is 0 Å². The van der Waals surface area contributed by atoms with Gasteiger partial charge in [0.1, 0.15) is 6.04 Å². The molecule has 4 amide bonds. The normalized spacial score (nSPS) is 12.3. The van der Waals surface area contributed by atoms with E-state index in [1.54, 1.807) is 0 Å². The highest BCUT2D eigenvalue weighted by Gasteiger charge is 2.24.